The van der Waals surface area contributed by atoms with Gasteiger partial charge in [-0.15, -0.1) is 0 Å². The first-order valence-corrected chi connectivity index (χ1v) is 7.90. The van der Waals surface area contributed by atoms with Gasteiger partial charge in [-0.25, -0.2) is 4.79 Å². The molecule has 0 aromatic heterocycles. The largest absolute Gasteiger partial charge is 0.444 e. The smallest absolute Gasteiger partial charge is 0.408 e. The number of halogens is 1. The zero-order chi connectivity index (χ0) is 15.6. The van der Waals surface area contributed by atoms with Crippen LogP contribution in [0.1, 0.15) is 27.2 Å². The maximum atomic E-state index is 12.3. The summed E-state index contributed by atoms with van der Waals surface area (Å²) in [6.45, 7) is 5.97. The summed E-state index contributed by atoms with van der Waals surface area (Å²) in [6.07, 6.45) is 0.0367. The zero-order valence-electron chi connectivity index (χ0n) is 12.4. The molecule has 1 aliphatic heterocycles. The number of nitrogens with zero attached hydrogens (tertiary/aromatic N) is 1. The van der Waals surface area contributed by atoms with Crippen molar-refractivity contribution < 1.29 is 14.3 Å². The van der Waals surface area contributed by atoms with Crippen LogP contribution in [0.25, 0.3) is 0 Å². The maximum absolute atomic E-state index is 12.3. The zero-order valence-corrected chi connectivity index (χ0v) is 14.5. The Morgan fingerprint density at radius 1 is 1.33 bits per heavy atom. The number of anilines is 1. The Labute approximate surface area is 138 Å². The second-order valence-corrected chi connectivity index (χ2v) is 7.20. The third-order valence-electron chi connectivity index (χ3n) is 3.03. The minimum atomic E-state index is -0.568. The van der Waals surface area contributed by atoms with Gasteiger partial charge in [0.1, 0.15) is 11.6 Å². The lowest BCUT2D eigenvalue weighted by Crippen LogP contribution is -2.43. The number of hydrogen-bond acceptors (Lipinski definition) is 3. The highest BCUT2D eigenvalue weighted by Crippen LogP contribution is 2.22. The fourth-order valence-corrected chi connectivity index (χ4v) is 2.50. The average molecular weight is 402 g/mol. The SMILES string of the molecule is CC(C)(C)OC(=O)N[C@H]1CCN(c2ccc(I)cc2)C1=O. The number of carbonyl (C=O) groups excluding carboxylic acids is 2. The van der Waals surface area contributed by atoms with Crippen LogP contribution in [0.4, 0.5) is 10.5 Å². The topological polar surface area (TPSA) is 58.6 Å². The molecule has 1 atom stereocenters. The van der Waals surface area contributed by atoms with Crippen LogP contribution >= 0.6 is 22.6 Å². The van der Waals surface area contributed by atoms with Gasteiger partial charge in [0.05, 0.1) is 0 Å². The fraction of sp³-hybridized carbons (Fsp3) is 0.467. The van der Waals surface area contributed by atoms with Crippen molar-refractivity contribution in [1.82, 2.24) is 5.32 Å². The van der Waals surface area contributed by atoms with Gasteiger partial charge in [0.15, 0.2) is 0 Å². The number of ether oxygens (including phenoxy) is 1. The van der Waals surface area contributed by atoms with E-state index >= 15 is 0 Å². The van der Waals surface area contributed by atoms with Crippen molar-refractivity contribution in [3.05, 3.63) is 27.8 Å². The van der Waals surface area contributed by atoms with Crippen molar-refractivity contribution in [2.45, 2.75) is 38.8 Å². The van der Waals surface area contributed by atoms with E-state index in [1.165, 1.54) is 0 Å². The third kappa shape index (κ3) is 4.33. The van der Waals surface area contributed by atoms with Crippen LogP contribution in [-0.4, -0.2) is 30.2 Å². The van der Waals surface area contributed by atoms with E-state index in [0.717, 1.165) is 9.26 Å². The van der Waals surface area contributed by atoms with Gasteiger partial charge in [-0.05, 0) is 74.0 Å². The van der Waals surface area contributed by atoms with Gasteiger partial charge in [0.25, 0.3) is 0 Å². The van der Waals surface area contributed by atoms with Crippen LogP contribution in [-0.2, 0) is 9.53 Å². The molecule has 21 heavy (non-hydrogen) atoms. The van der Waals surface area contributed by atoms with Crippen LogP contribution in [0.2, 0.25) is 0 Å². The molecule has 5 nitrogen and oxygen atoms in total. The molecule has 6 heteroatoms. The summed E-state index contributed by atoms with van der Waals surface area (Å²) in [7, 11) is 0. The molecule has 1 heterocycles. The lowest BCUT2D eigenvalue weighted by Gasteiger charge is -2.21. The van der Waals surface area contributed by atoms with E-state index in [9.17, 15) is 9.59 Å². The first kappa shape index (κ1) is 16.1. The summed E-state index contributed by atoms with van der Waals surface area (Å²) in [5.41, 5.74) is 0.288. The monoisotopic (exact) mass is 402 g/mol. The van der Waals surface area contributed by atoms with Gasteiger partial charge in [-0.1, -0.05) is 0 Å². The summed E-state index contributed by atoms with van der Waals surface area (Å²) >= 11 is 2.22. The van der Waals surface area contributed by atoms with Gasteiger partial charge in [0.2, 0.25) is 5.91 Å². The number of hydrogen-bond donors (Lipinski definition) is 1. The van der Waals surface area contributed by atoms with E-state index < -0.39 is 17.7 Å². The number of amides is 2. The van der Waals surface area contributed by atoms with Gasteiger partial charge in [-0.3, -0.25) is 4.79 Å². The molecule has 0 radical (unpaired) electrons. The van der Waals surface area contributed by atoms with Gasteiger partial charge >= 0.3 is 6.09 Å². The van der Waals surface area contributed by atoms with Crippen LogP contribution in [0.3, 0.4) is 0 Å². The van der Waals surface area contributed by atoms with Crippen molar-refractivity contribution in [3.63, 3.8) is 0 Å². The molecule has 1 aliphatic rings. The van der Waals surface area contributed by atoms with Crippen LogP contribution < -0.4 is 10.2 Å². The standard InChI is InChI=1S/C15H19IN2O3/c1-15(2,3)21-14(20)17-12-8-9-18(13(12)19)11-6-4-10(16)5-7-11/h4-7,12H,8-9H2,1-3H3,(H,17,20)/t12-/m0/s1. The van der Waals surface area contributed by atoms with Crippen molar-refractivity contribution in [2.24, 2.45) is 0 Å². The highest BCUT2D eigenvalue weighted by molar-refractivity contribution is 14.1. The highest BCUT2D eigenvalue weighted by atomic mass is 127. The van der Waals surface area contributed by atoms with Crippen LogP contribution in [0.5, 0.6) is 0 Å². The number of nitrogens with one attached hydrogen (secondary N) is 1. The Morgan fingerprint density at radius 3 is 2.52 bits per heavy atom. The first-order chi connectivity index (χ1) is 9.76. The summed E-state index contributed by atoms with van der Waals surface area (Å²) in [6, 6.07) is 7.22. The second-order valence-electron chi connectivity index (χ2n) is 5.95. The van der Waals surface area contributed by atoms with Crippen molar-refractivity contribution in [2.75, 3.05) is 11.4 Å². The quantitative estimate of drug-likeness (QED) is 0.775. The first-order valence-electron chi connectivity index (χ1n) is 6.83. The fourth-order valence-electron chi connectivity index (χ4n) is 2.14. The molecule has 0 saturated carbocycles. The number of benzene rings is 1. The van der Waals surface area contributed by atoms with E-state index in [4.69, 9.17) is 4.74 Å². The molecule has 1 N–H and O–H groups in total. The molecule has 1 fully saturated rings. The van der Waals surface area contributed by atoms with Crippen molar-refractivity contribution in [3.8, 4) is 0 Å². The van der Waals surface area contributed by atoms with Crippen LogP contribution in [0.15, 0.2) is 24.3 Å². The molecule has 1 aromatic carbocycles. The molecule has 1 aromatic rings. The summed E-state index contributed by atoms with van der Waals surface area (Å²) < 4.78 is 6.30. The van der Waals surface area contributed by atoms with Crippen LogP contribution in [0, 0.1) is 3.57 Å². The van der Waals surface area contributed by atoms with Crippen molar-refractivity contribution >= 4 is 40.3 Å². The minimum absolute atomic E-state index is 0.0953. The average Bonchev–Trinajstić information content (AvgIpc) is 2.70. The number of alkyl carbamates (subject to hydrolysis) is 1. The lowest BCUT2D eigenvalue weighted by molar-refractivity contribution is -0.118. The molecular weight excluding hydrogens is 383 g/mol. The Hall–Kier alpha value is -1.31. The normalized spacial score (nSPS) is 18.8. The highest BCUT2D eigenvalue weighted by Gasteiger charge is 2.34. The molecule has 2 rings (SSSR count). The van der Waals surface area contributed by atoms with E-state index in [2.05, 4.69) is 27.9 Å². The Bertz CT molecular complexity index is 537. The summed E-state index contributed by atoms with van der Waals surface area (Å²) in [4.78, 5) is 25.8. The molecule has 1 saturated heterocycles. The minimum Gasteiger partial charge on any atom is -0.444 e. The van der Waals surface area contributed by atoms with Gasteiger partial charge in [-0.2, -0.15) is 0 Å². The Balaban J connectivity index is 1.98. The summed E-state index contributed by atoms with van der Waals surface area (Å²) in [5.74, 6) is -0.0953. The van der Waals surface area contributed by atoms with E-state index in [0.29, 0.717) is 13.0 Å². The predicted octanol–water partition coefficient (Wildman–Crippen LogP) is 2.92. The molecule has 2 amide bonds. The molecule has 0 spiro atoms. The van der Waals surface area contributed by atoms with E-state index in [1.54, 1.807) is 25.7 Å². The van der Waals surface area contributed by atoms with Gasteiger partial charge < -0.3 is 15.0 Å². The predicted molar refractivity (Wildman–Crippen MR) is 89.3 cm³/mol. The number of carbonyl (C=O) groups is 2. The molecule has 114 valence electrons. The van der Waals surface area contributed by atoms with Crippen molar-refractivity contribution in [1.29, 1.82) is 0 Å². The second kappa shape index (κ2) is 6.21. The summed E-state index contributed by atoms with van der Waals surface area (Å²) in [5, 5.41) is 2.64. The van der Waals surface area contributed by atoms with Gasteiger partial charge in [0, 0.05) is 15.8 Å². The number of rotatable bonds is 2. The molecule has 0 aliphatic carbocycles. The Morgan fingerprint density at radius 2 is 1.95 bits per heavy atom. The lowest BCUT2D eigenvalue weighted by atomic mass is 10.2. The Kier molecular flexibility index (Phi) is 4.75. The maximum Gasteiger partial charge on any atom is 0.408 e. The molecular formula is C15H19IN2O3. The van der Waals surface area contributed by atoms with E-state index in [-0.39, 0.29) is 5.91 Å². The molecule has 0 bridgehead atoms. The molecule has 0 unspecified atom stereocenters. The third-order valence-corrected chi connectivity index (χ3v) is 3.75. The van der Waals surface area contributed by atoms with E-state index in [1.807, 2.05) is 24.3 Å².